The average Bonchev–Trinajstić information content (AvgIpc) is 3.01. The van der Waals surface area contributed by atoms with Gasteiger partial charge in [-0.25, -0.2) is 4.79 Å². The third kappa shape index (κ3) is 5.32. The van der Waals surface area contributed by atoms with Crippen molar-refractivity contribution in [3.05, 3.63) is 16.0 Å². The molecule has 1 aromatic heterocycles. The van der Waals surface area contributed by atoms with Gasteiger partial charge in [0, 0.05) is 17.7 Å². The molecule has 0 aromatic carbocycles. The molecule has 0 spiro atoms. The molecule has 0 unspecified atom stereocenters. The lowest BCUT2D eigenvalue weighted by molar-refractivity contribution is -0.906. The van der Waals surface area contributed by atoms with Gasteiger partial charge in [0.1, 0.15) is 5.00 Å². The molecule has 1 aliphatic heterocycles. The maximum absolute atomic E-state index is 12.5. The summed E-state index contributed by atoms with van der Waals surface area (Å²) in [5.74, 6) is 0.575. The molecule has 1 amide bonds. The molecular weight excluding hydrogens is 360 g/mol. The molecule has 1 saturated heterocycles. The van der Waals surface area contributed by atoms with Crippen molar-refractivity contribution in [1.29, 1.82) is 0 Å². The first-order valence-electron chi connectivity index (χ1n) is 10.5. The van der Waals surface area contributed by atoms with Crippen LogP contribution in [0, 0.1) is 5.92 Å². The number of fused-ring (bicyclic) bond motifs is 1. The van der Waals surface area contributed by atoms with E-state index in [1.165, 1.54) is 30.8 Å². The van der Waals surface area contributed by atoms with Crippen LogP contribution < -0.4 is 10.2 Å². The number of quaternary nitrogens is 1. The van der Waals surface area contributed by atoms with Crippen molar-refractivity contribution in [2.45, 2.75) is 65.2 Å². The summed E-state index contributed by atoms with van der Waals surface area (Å²) < 4.78 is 5.26. The minimum absolute atomic E-state index is 0.0175. The molecule has 0 bridgehead atoms. The van der Waals surface area contributed by atoms with E-state index < -0.39 is 0 Å². The summed E-state index contributed by atoms with van der Waals surface area (Å²) in [6.07, 6.45) is 8.17. The second-order valence-electron chi connectivity index (χ2n) is 7.97. The van der Waals surface area contributed by atoms with Crippen LogP contribution in [0.5, 0.6) is 0 Å². The van der Waals surface area contributed by atoms with Crippen LogP contribution in [0.2, 0.25) is 0 Å². The topological polar surface area (TPSA) is 59.8 Å². The predicted molar refractivity (Wildman–Crippen MR) is 109 cm³/mol. The Bertz CT molecular complexity index is 663. The number of anilines is 1. The van der Waals surface area contributed by atoms with Crippen LogP contribution in [0.4, 0.5) is 5.00 Å². The standard InChI is InChI=1S/C21H32N2O3S/c1-3-26-21(25)19-16-7-4-5-8-17(16)27-20(19)22-18(24)9-6-12-23-13-10-15(2)11-14-23/h15H,3-14H2,1-2H3,(H,22,24)/p+1. The van der Waals surface area contributed by atoms with Gasteiger partial charge >= 0.3 is 5.97 Å². The molecule has 5 nitrogen and oxygen atoms in total. The third-order valence-corrected chi connectivity index (χ3v) is 7.03. The molecule has 2 aliphatic rings. The van der Waals surface area contributed by atoms with Gasteiger partial charge in [-0.2, -0.15) is 0 Å². The number of ether oxygens (including phenoxy) is 1. The van der Waals surface area contributed by atoms with Crippen LogP contribution >= 0.6 is 11.3 Å². The maximum Gasteiger partial charge on any atom is 0.341 e. The Morgan fingerprint density at radius 2 is 1.96 bits per heavy atom. The predicted octanol–water partition coefficient (Wildman–Crippen LogP) is 2.84. The van der Waals surface area contributed by atoms with Crippen molar-refractivity contribution in [3.8, 4) is 0 Å². The summed E-state index contributed by atoms with van der Waals surface area (Å²) in [5, 5.41) is 3.72. The number of thiophene rings is 1. The minimum atomic E-state index is -0.293. The van der Waals surface area contributed by atoms with Crippen molar-refractivity contribution in [3.63, 3.8) is 0 Å². The zero-order valence-corrected chi connectivity index (χ0v) is 17.5. The number of likely N-dealkylation sites (tertiary alicyclic amines) is 1. The van der Waals surface area contributed by atoms with Gasteiger partial charge in [-0.15, -0.1) is 11.3 Å². The lowest BCUT2D eigenvalue weighted by Crippen LogP contribution is -3.13. The summed E-state index contributed by atoms with van der Waals surface area (Å²) in [7, 11) is 0. The first-order valence-corrected chi connectivity index (χ1v) is 11.3. The fourth-order valence-electron chi connectivity index (χ4n) is 4.18. The molecule has 150 valence electrons. The number of carbonyl (C=O) groups is 2. The van der Waals surface area contributed by atoms with Crippen molar-refractivity contribution in [2.75, 3.05) is 31.6 Å². The lowest BCUT2D eigenvalue weighted by Gasteiger charge is -2.27. The van der Waals surface area contributed by atoms with Gasteiger partial charge in [0.25, 0.3) is 0 Å². The van der Waals surface area contributed by atoms with E-state index >= 15 is 0 Å². The summed E-state index contributed by atoms with van der Waals surface area (Å²) in [6.45, 7) is 8.02. The van der Waals surface area contributed by atoms with E-state index in [1.807, 2.05) is 6.92 Å². The summed E-state index contributed by atoms with van der Waals surface area (Å²) >= 11 is 1.57. The van der Waals surface area contributed by atoms with Crippen LogP contribution in [0.1, 0.15) is 73.2 Å². The average molecular weight is 394 g/mol. The second kappa shape index (κ2) is 9.69. The Morgan fingerprint density at radius 1 is 1.22 bits per heavy atom. The van der Waals surface area contributed by atoms with E-state index in [0.29, 0.717) is 23.6 Å². The monoisotopic (exact) mass is 393 g/mol. The van der Waals surface area contributed by atoms with Gasteiger partial charge in [-0.1, -0.05) is 6.92 Å². The van der Waals surface area contributed by atoms with Crippen molar-refractivity contribution in [1.82, 2.24) is 0 Å². The van der Waals surface area contributed by atoms with Gasteiger partial charge < -0.3 is 15.0 Å². The number of aryl methyl sites for hydroxylation is 1. The van der Waals surface area contributed by atoms with E-state index in [0.717, 1.165) is 50.1 Å². The Balaban J connectivity index is 1.56. The number of rotatable bonds is 7. The van der Waals surface area contributed by atoms with E-state index in [1.54, 1.807) is 16.2 Å². The lowest BCUT2D eigenvalue weighted by atomic mass is 9.95. The van der Waals surface area contributed by atoms with E-state index in [9.17, 15) is 9.59 Å². The highest BCUT2D eigenvalue weighted by Crippen LogP contribution is 2.38. The Morgan fingerprint density at radius 3 is 2.70 bits per heavy atom. The molecule has 3 rings (SSSR count). The zero-order chi connectivity index (χ0) is 19.2. The molecular formula is C21H33N2O3S+. The highest BCUT2D eigenvalue weighted by molar-refractivity contribution is 7.17. The number of nitrogens with one attached hydrogen (secondary N) is 2. The molecule has 2 N–H and O–H groups in total. The van der Waals surface area contributed by atoms with Gasteiger partial charge in [0.15, 0.2) is 0 Å². The summed E-state index contributed by atoms with van der Waals surface area (Å²) in [6, 6.07) is 0. The van der Waals surface area contributed by atoms with Gasteiger partial charge in [-0.3, -0.25) is 4.79 Å². The number of amides is 1. The molecule has 0 saturated carbocycles. The number of esters is 1. The van der Waals surface area contributed by atoms with Crippen LogP contribution in [-0.2, 0) is 22.4 Å². The first-order chi connectivity index (χ1) is 13.1. The quantitative estimate of drug-likeness (QED) is 0.701. The van der Waals surface area contributed by atoms with Crippen LogP contribution in [0.3, 0.4) is 0 Å². The largest absolute Gasteiger partial charge is 0.462 e. The van der Waals surface area contributed by atoms with E-state index in [2.05, 4.69) is 12.2 Å². The zero-order valence-electron chi connectivity index (χ0n) is 16.7. The van der Waals surface area contributed by atoms with Gasteiger partial charge in [-0.05, 0) is 56.9 Å². The fourth-order valence-corrected chi connectivity index (χ4v) is 5.48. The second-order valence-corrected chi connectivity index (χ2v) is 9.07. The molecule has 2 heterocycles. The molecule has 0 radical (unpaired) electrons. The number of piperidine rings is 1. The summed E-state index contributed by atoms with van der Waals surface area (Å²) in [4.78, 5) is 27.8. The Hall–Kier alpha value is -1.40. The normalized spacial score (nSPS) is 22.1. The highest BCUT2D eigenvalue weighted by Gasteiger charge is 2.27. The Kier molecular flexibility index (Phi) is 7.30. The number of carbonyl (C=O) groups excluding carboxylic acids is 2. The van der Waals surface area contributed by atoms with Crippen molar-refractivity contribution < 1.29 is 19.2 Å². The molecule has 1 aliphatic carbocycles. The fraction of sp³-hybridized carbons (Fsp3) is 0.714. The van der Waals surface area contributed by atoms with Crippen LogP contribution in [-0.4, -0.2) is 38.1 Å². The number of hydrogen-bond acceptors (Lipinski definition) is 4. The first kappa shape index (κ1) is 20.3. The smallest absolute Gasteiger partial charge is 0.341 e. The van der Waals surface area contributed by atoms with Gasteiger partial charge in [0.2, 0.25) is 5.91 Å². The Labute approximate surface area is 166 Å². The van der Waals surface area contributed by atoms with E-state index in [4.69, 9.17) is 4.74 Å². The SMILES string of the molecule is CCOC(=O)c1c(NC(=O)CCC[NH+]2CCC(C)CC2)sc2c1CCCC2. The maximum atomic E-state index is 12.5. The number of hydrogen-bond donors (Lipinski definition) is 2. The van der Waals surface area contributed by atoms with Crippen LogP contribution in [0.25, 0.3) is 0 Å². The van der Waals surface area contributed by atoms with Crippen molar-refractivity contribution >= 4 is 28.2 Å². The van der Waals surface area contributed by atoms with E-state index in [-0.39, 0.29) is 11.9 Å². The molecule has 27 heavy (non-hydrogen) atoms. The highest BCUT2D eigenvalue weighted by atomic mass is 32.1. The third-order valence-electron chi connectivity index (χ3n) is 5.82. The van der Waals surface area contributed by atoms with Crippen LogP contribution in [0.15, 0.2) is 0 Å². The molecule has 6 heteroatoms. The van der Waals surface area contributed by atoms with Gasteiger partial charge in [0.05, 0.1) is 31.8 Å². The molecule has 1 aromatic rings. The molecule has 1 fully saturated rings. The van der Waals surface area contributed by atoms with Crippen molar-refractivity contribution in [2.24, 2.45) is 5.92 Å². The summed E-state index contributed by atoms with van der Waals surface area (Å²) in [5.41, 5.74) is 1.72. The minimum Gasteiger partial charge on any atom is -0.462 e. The molecule has 0 atom stereocenters.